The third-order valence-corrected chi connectivity index (χ3v) is 3.66. The number of amides is 1. The Hall–Kier alpha value is -2.63. The molecule has 1 aliphatic heterocycles. The van der Waals surface area contributed by atoms with Crippen LogP contribution in [0.4, 0.5) is 19.0 Å². The van der Waals surface area contributed by atoms with E-state index in [2.05, 4.69) is 4.98 Å². The summed E-state index contributed by atoms with van der Waals surface area (Å²) in [4.78, 5) is 29.5. The predicted octanol–water partition coefficient (Wildman–Crippen LogP) is 3.12. The van der Waals surface area contributed by atoms with E-state index in [0.29, 0.717) is 0 Å². The summed E-state index contributed by atoms with van der Waals surface area (Å²) >= 11 is 0. The molecular formula is C17H18F3N3O3. The molecule has 1 aromatic heterocycles. The van der Waals surface area contributed by atoms with E-state index in [-0.39, 0.29) is 18.5 Å². The summed E-state index contributed by atoms with van der Waals surface area (Å²) in [5, 5.41) is 9.27. The fourth-order valence-electron chi connectivity index (χ4n) is 2.71. The normalized spacial score (nSPS) is 18.0. The maximum Gasteiger partial charge on any atom is 0.417 e. The van der Waals surface area contributed by atoms with Gasteiger partial charge >= 0.3 is 12.1 Å². The minimum Gasteiger partial charge on any atom is -0.458 e. The highest BCUT2D eigenvalue weighted by atomic mass is 19.4. The fraction of sp³-hybridized carbons (Fsp3) is 0.529. The van der Waals surface area contributed by atoms with E-state index in [1.807, 2.05) is 0 Å². The van der Waals surface area contributed by atoms with E-state index in [1.54, 1.807) is 20.8 Å². The molecule has 1 aliphatic rings. The van der Waals surface area contributed by atoms with Gasteiger partial charge in [-0.2, -0.15) is 18.4 Å². The number of halogens is 3. The minimum absolute atomic E-state index is 0.0195. The lowest BCUT2D eigenvalue weighted by molar-refractivity contribution is -0.156. The second-order valence-electron chi connectivity index (χ2n) is 6.97. The number of pyridine rings is 1. The Balaban J connectivity index is 2.58. The molecule has 0 aliphatic carbocycles. The van der Waals surface area contributed by atoms with Crippen molar-refractivity contribution in [3.05, 3.63) is 22.9 Å². The molecule has 0 saturated carbocycles. The first kappa shape index (κ1) is 19.7. The van der Waals surface area contributed by atoms with Gasteiger partial charge in [-0.3, -0.25) is 9.69 Å². The Labute approximate surface area is 148 Å². The number of alkyl halides is 3. The molecule has 1 atom stereocenters. The highest BCUT2D eigenvalue weighted by Gasteiger charge is 2.44. The Morgan fingerprint density at radius 1 is 1.38 bits per heavy atom. The van der Waals surface area contributed by atoms with Crippen LogP contribution >= 0.6 is 0 Å². The highest BCUT2D eigenvalue weighted by Crippen LogP contribution is 2.38. The van der Waals surface area contributed by atoms with Gasteiger partial charge in [0.2, 0.25) is 5.91 Å². The number of aryl methyl sites for hydroxylation is 1. The van der Waals surface area contributed by atoms with Crippen molar-refractivity contribution in [2.24, 2.45) is 0 Å². The number of esters is 1. The number of anilines is 1. The van der Waals surface area contributed by atoms with Gasteiger partial charge in [-0.15, -0.1) is 0 Å². The molecule has 2 heterocycles. The molecule has 1 saturated heterocycles. The van der Waals surface area contributed by atoms with Crippen LogP contribution in [0.1, 0.15) is 50.4 Å². The van der Waals surface area contributed by atoms with Gasteiger partial charge in [0.15, 0.2) is 5.82 Å². The average Bonchev–Trinajstić information content (AvgIpc) is 2.85. The van der Waals surface area contributed by atoms with Crippen molar-refractivity contribution in [2.75, 3.05) is 4.90 Å². The van der Waals surface area contributed by atoms with E-state index >= 15 is 0 Å². The number of ether oxygens (including phenoxy) is 1. The summed E-state index contributed by atoms with van der Waals surface area (Å²) in [6.07, 6.45) is -4.76. The molecule has 0 unspecified atom stereocenters. The predicted molar refractivity (Wildman–Crippen MR) is 85.0 cm³/mol. The Kier molecular flexibility index (Phi) is 4.99. The van der Waals surface area contributed by atoms with Crippen LogP contribution in [-0.4, -0.2) is 28.5 Å². The molecule has 0 N–H and O–H groups in total. The Morgan fingerprint density at radius 3 is 2.50 bits per heavy atom. The van der Waals surface area contributed by atoms with Crippen LogP contribution < -0.4 is 4.90 Å². The summed E-state index contributed by atoms with van der Waals surface area (Å²) in [5.74, 6) is -1.79. The molecule has 0 spiro atoms. The van der Waals surface area contributed by atoms with Gasteiger partial charge in [-0.1, -0.05) is 0 Å². The molecule has 6 nitrogen and oxygen atoms in total. The molecule has 140 valence electrons. The van der Waals surface area contributed by atoms with Crippen molar-refractivity contribution in [1.29, 1.82) is 5.26 Å². The first-order valence-electron chi connectivity index (χ1n) is 7.89. The lowest BCUT2D eigenvalue weighted by Crippen LogP contribution is -2.43. The van der Waals surface area contributed by atoms with E-state index < -0.39 is 46.6 Å². The van der Waals surface area contributed by atoms with E-state index in [4.69, 9.17) is 4.74 Å². The topological polar surface area (TPSA) is 83.3 Å². The van der Waals surface area contributed by atoms with Crippen LogP contribution in [0.3, 0.4) is 0 Å². The lowest BCUT2D eigenvalue weighted by atomic mass is 10.1. The van der Waals surface area contributed by atoms with Crippen LogP contribution in [-0.2, 0) is 20.5 Å². The van der Waals surface area contributed by atoms with Crippen LogP contribution in [0.15, 0.2) is 6.07 Å². The molecule has 1 aromatic rings. The number of aromatic nitrogens is 1. The van der Waals surface area contributed by atoms with E-state index in [1.165, 1.54) is 13.0 Å². The number of rotatable bonds is 2. The largest absolute Gasteiger partial charge is 0.458 e. The summed E-state index contributed by atoms with van der Waals surface area (Å²) in [6.45, 7) is 6.24. The first-order valence-corrected chi connectivity index (χ1v) is 7.89. The molecular weight excluding hydrogens is 351 g/mol. The van der Waals surface area contributed by atoms with Crippen LogP contribution in [0, 0.1) is 18.3 Å². The van der Waals surface area contributed by atoms with Gasteiger partial charge < -0.3 is 4.74 Å². The number of nitrogens with zero attached hydrogens (tertiary/aromatic N) is 3. The van der Waals surface area contributed by atoms with Crippen molar-refractivity contribution < 1.29 is 27.5 Å². The quantitative estimate of drug-likeness (QED) is 0.748. The molecule has 1 fully saturated rings. The number of hydrogen-bond acceptors (Lipinski definition) is 5. The molecule has 0 radical (unpaired) electrons. The summed E-state index contributed by atoms with van der Waals surface area (Å²) in [7, 11) is 0. The maximum atomic E-state index is 13.3. The van der Waals surface area contributed by atoms with Crippen molar-refractivity contribution in [2.45, 2.75) is 58.4 Å². The minimum atomic E-state index is -4.79. The Bertz CT molecular complexity index is 791. The van der Waals surface area contributed by atoms with Crippen molar-refractivity contribution in [1.82, 2.24) is 4.98 Å². The second kappa shape index (κ2) is 6.59. The highest BCUT2D eigenvalue weighted by molar-refractivity contribution is 6.02. The molecule has 1 amide bonds. The van der Waals surface area contributed by atoms with Crippen LogP contribution in [0.25, 0.3) is 0 Å². The number of hydrogen-bond donors (Lipinski definition) is 0. The molecule has 0 aromatic carbocycles. The first-order chi connectivity index (χ1) is 11.8. The van der Waals surface area contributed by atoms with Gasteiger partial charge in [0.25, 0.3) is 0 Å². The van der Waals surface area contributed by atoms with Crippen molar-refractivity contribution in [3.8, 4) is 6.07 Å². The molecule has 26 heavy (non-hydrogen) atoms. The fourth-order valence-corrected chi connectivity index (χ4v) is 2.71. The molecule has 0 bridgehead atoms. The third-order valence-electron chi connectivity index (χ3n) is 3.66. The van der Waals surface area contributed by atoms with Gasteiger partial charge in [-0.05, 0) is 40.2 Å². The van der Waals surface area contributed by atoms with Gasteiger partial charge in [-0.25, -0.2) is 9.78 Å². The summed E-state index contributed by atoms with van der Waals surface area (Å²) in [5.41, 5.74) is -2.82. The van der Waals surface area contributed by atoms with Gasteiger partial charge in [0.1, 0.15) is 23.3 Å². The zero-order valence-electron chi connectivity index (χ0n) is 14.8. The SMILES string of the molecule is Cc1cc(C(F)(F)F)c(C#N)c(N2C(=O)CC[C@H]2C(=O)OC(C)(C)C)n1. The maximum absolute atomic E-state index is 13.3. The lowest BCUT2D eigenvalue weighted by Gasteiger charge is -2.28. The summed E-state index contributed by atoms with van der Waals surface area (Å²) in [6, 6.07) is 1.09. The zero-order valence-corrected chi connectivity index (χ0v) is 14.8. The van der Waals surface area contributed by atoms with Crippen molar-refractivity contribution in [3.63, 3.8) is 0 Å². The van der Waals surface area contributed by atoms with Crippen LogP contribution in [0.5, 0.6) is 0 Å². The molecule has 9 heteroatoms. The van der Waals surface area contributed by atoms with Crippen LogP contribution in [0.2, 0.25) is 0 Å². The van der Waals surface area contributed by atoms with E-state index in [9.17, 15) is 28.0 Å². The van der Waals surface area contributed by atoms with Crippen molar-refractivity contribution >= 4 is 17.7 Å². The second-order valence-corrected chi connectivity index (χ2v) is 6.97. The van der Waals surface area contributed by atoms with E-state index in [0.717, 1.165) is 11.0 Å². The van der Waals surface area contributed by atoms with Gasteiger partial charge in [0.05, 0.1) is 5.56 Å². The number of carbonyl (C=O) groups excluding carboxylic acids is 2. The Morgan fingerprint density at radius 2 is 2.00 bits per heavy atom. The van der Waals surface area contributed by atoms with Gasteiger partial charge in [0, 0.05) is 12.1 Å². The average molecular weight is 369 g/mol. The monoisotopic (exact) mass is 369 g/mol. The third kappa shape index (κ3) is 3.95. The summed E-state index contributed by atoms with van der Waals surface area (Å²) < 4.78 is 45.1. The zero-order chi connectivity index (χ0) is 19.9. The number of carbonyl (C=O) groups is 2. The standard InChI is InChI=1S/C17H18F3N3O3/c1-9-7-11(17(18,19)20)10(8-21)14(22-9)23-12(5-6-13(23)24)15(25)26-16(2,3)4/h7,12H,5-6H2,1-4H3/t12-/m0/s1. The number of nitriles is 1. The smallest absolute Gasteiger partial charge is 0.417 e. The molecule has 2 rings (SSSR count).